The quantitative estimate of drug-likeness (QED) is 0.812. The Morgan fingerprint density at radius 1 is 1.00 bits per heavy atom. The molecule has 1 aromatic rings. The van der Waals surface area contributed by atoms with Gasteiger partial charge in [0.2, 0.25) is 11.8 Å². The van der Waals surface area contributed by atoms with Gasteiger partial charge in [-0.05, 0) is 11.5 Å². The van der Waals surface area contributed by atoms with E-state index in [1.54, 1.807) is 13.8 Å². The molecule has 20 heavy (non-hydrogen) atoms. The average Bonchev–Trinajstić information content (AvgIpc) is 2.45. The summed E-state index contributed by atoms with van der Waals surface area (Å²) in [6.45, 7) is 7.66. The third-order valence-electron chi connectivity index (χ3n) is 3.49. The number of nitrogens with one attached hydrogen (secondary N) is 2. The zero-order valence-corrected chi connectivity index (χ0v) is 12.6. The van der Waals surface area contributed by atoms with E-state index in [2.05, 4.69) is 17.8 Å². The third kappa shape index (κ3) is 4.37. The molecule has 2 atom stereocenters. The topological polar surface area (TPSA) is 58.2 Å². The molecule has 0 saturated heterocycles. The van der Waals surface area contributed by atoms with Crippen LogP contribution in [-0.2, 0) is 9.59 Å². The number of hydrazine groups is 1. The first kappa shape index (κ1) is 16.2. The smallest absolute Gasteiger partial charge is 0.246 e. The second-order valence-electron chi connectivity index (χ2n) is 5.41. The van der Waals surface area contributed by atoms with E-state index in [9.17, 15) is 9.59 Å². The summed E-state index contributed by atoms with van der Waals surface area (Å²) in [5.41, 5.74) is 5.98. The molecule has 4 nitrogen and oxygen atoms in total. The van der Waals surface area contributed by atoms with E-state index in [-0.39, 0.29) is 29.6 Å². The van der Waals surface area contributed by atoms with Crippen molar-refractivity contribution in [1.29, 1.82) is 0 Å². The van der Waals surface area contributed by atoms with Crippen molar-refractivity contribution in [2.75, 3.05) is 0 Å². The fraction of sp³-hybridized carbons (Fsp3) is 0.500. The van der Waals surface area contributed by atoms with Crippen LogP contribution in [-0.4, -0.2) is 11.8 Å². The van der Waals surface area contributed by atoms with E-state index >= 15 is 0 Å². The highest BCUT2D eigenvalue weighted by molar-refractivity contribution is 5.87. The summed E-state index contributed by atoms with van der Waals surface area (Å²) in [7, 11) is 0. The van der Waals surface area contributed by atoms with Crippen molar-refractivity contribution in [3.8, 4) is 0 Å². The van der Waals surface area contributed by atoms with Gasteiger partial charge in [0.05, 0.1) is 5.92 Å². The van der Waals surface area contributed by atoms with Crippen LogP contribution >= 0.6 is 0 Å². The third-order valence-corrected chi connectivity index (χ3v) is 3.49. The van der Waals surface area contributed by atoms with Gasteiger partial charge in [-0.3, -0.25) is 20.4 Å². The first-order valence-electron chi connectivity index (χ1n) is 7.12. The minimum absolute atomic E-state index is 0.158. The largest absolute Gasteiger partial charge is 0.273 e. The number of rotatable bonds is 5. The zero-order chi connectivity index (χ0) is 15.1. The molecule has 4 heteroatoms. The molecule has 0 saturated carbocycles. The van der Waals surface area contributed by atoms with Gasteiger partial charge in [0, 0.05) is 5.92 Å². The molecule has 0 spiro atoms. The molecule has 2 unspecified atom stereocenters. The lowest BCUT2D eigenvalue weighted by Crippen LogP contribution is -2.46. The van der Waals surface area contributed by atoms with Gasteiger partial charge in [-0.15, -0.1) is 0 Å². The molecule has 0 heterocycles. The maximum atomic E-state index is 12.3. The molecular weight excluding hydrogens is 252 g/mol. The summed E-state index contributed by atoms with van der Waals surface area (Å²) in [6.07, 6.45) is 0.894. The monoisotopic (exact) mass is 276 g/mol. The Kier molecular flexibility index (Phi) is 6.22. The molecule has 0 radical (unpaired) electrons. The van der Waals surface area contributed by atoms with Gasteiger partial charge in [-0.2, -0.15) is 0 Å². The van der Waals surface area contributed by atoms with Crippen LogP contribution in [0.5, 0.6) is 0 Å². The molecular formula is C16H24N2O2. The number of hydrogen-bond acceptors (Lipinski definition) is 2. The van der Waals surface area contributed by atoms with Crippen LogP contribution in [0.4, 0.5) is 0 Å². The maximum absolute atomic E-state index is 12.3. The van der Waals surface area contributed by atoms with Crippen LogP contribution in [0.2, 0.25) is 0 Å². The highest BCUT2D eigenvalue weighted by Crippen LogP contribution is 2.26. The van der Waals surface area contributed by atoms with Crippen molar-refractivity contribution in [1.82, 2.24) is 10.9 Å². The molecule has 1 rings (SSSR count). The van der Waals surface area contributed by atoms with Crippen LogP contribution in [0.1, 0.15) is 45.6 Å². The summed E-state index contributed by atoms with van der Waals surface area (Å²) < 4.78 is 0. The number of carbonyl (C=O) groups is 2. The molecule has 0 fully saturated rings. The highest BCUT2D eigenvalue weighted by Gasteiger charge is 2.26. The number of hydrogen-bond donors (Lipinski definition) is 2. The Balaban J connectivity index is 2.79. The first-order valence-corrected chi connectivity index (χ1v) is 7.12. The lowest BCUT2D eigenvalue weighted by molar-refractivity contribution is -0.131. The van der Waals surface area contributed by atoms with Crippen molar-refractivity contribution in [3.05, 3.63) is 35.9 Å². The van der Waals surface area contributed by atoms with E-state index in [1.807, 2.05) is 37.3 Å². The standard InChI is InChI=1S/C16H24N2O2/c1-5-12(4)14(13-9-7-6-8-10-13)16(20)18-17-15(19)11(2)3/h6-12,14H,5H2,1-4H3,(H,17,19)(H,18,20). The summed E-state index contributed by atoms with van der Waals surface area (Å²) in [4.78, 5) is 23.9. The van der Waals surface area contributed by atoms with Crippen molar-refractivity contribution in [2.45, 2.75) is 40.0 Å². The summed E-state index contributed by atoms with van der Waals surface area (Å²) in [6, 6.07) is 9.66. The Bertz CT molecular complexity index is 443. The number of benzene rings is 1. The van der Waals surface area contributed by atoms with Crippen LogP contribution in [0, 0.1) is 11.8 Å². The van der Waals surface area contributed by atoms with Gasteiger partial charge in [0.1, 0.15) is 0 Å². The summed E-state index contributed by atoms with van der Waals surface area (Å²) in [5.74, 6) is -0.565. The Morgan fingerprint density at radius 2 is 1.55 bits per heavy atom. The Morgan fingerprint density at radius 3 is 2.05 bits per heavy atom. The predicted octanol–water partition coefficient (Wildman–Crippen LogP) is 2.62. The van der Waals surface area contributed by atoms with E-state index in [4.69, 9.17) is 0 Å². The SMILES string of the molecule is CCC(C)C(C(=O)NNC(=O)C(C)C)c1ccccc1. The average molecular weight is 276 g/mol. The van der Waals surface area contributed by atoms with Crippen molar-refractivity contribution in [3.63, 3.8) is 0 Å². The van der Waals surface area contributed by atoms with Crippen LogP contribution in [0.15, 0.2) is 30.3 Å². The molecule has 2 amide bonds. The van der Waals surface area contributed by atoms with Crippen LogP contribution < -0.4 is 10.9 Å². The lowest BCUT2D eigenvalue weighted by atomic mass is 9.85. The highest BCUT2D eigenvalue weighted by atomic mass is 16.2. The molecule has 0 bridgehead atoms. The van der Waals surface area contributed by atoms with Crippen molar-refractivity contribution < 1.29 is 9.59 Å². The minimum atomic E-state index is -0.256. The van der Waals surface area contributed by atoms with Crippen molar-refractivity contribution in [2.24, 2.45) is 11.8 Å². The Hall–Kier alpha value is -1.84. The van der Waals surface area contributed by atoms with E-state index in [0.717, 1.165) is 12.0 Å². The van der Waals surface area contributed by atoms with Crippen LogP contribution in [0.25, 0.3) is 0 Å². The fourth-order valence-corrected chi connectivity index (χ4v) is 1.98. The number of amides is 2. The lowest BCUT2D eigenvalue weighted by Gasteiger charge is -2.23. The first-order chi connectivity index (χ1) is 9.47. The zero-order valence-electron chi connectivity index (χ0n) is 12.6. The molecule has 0 aliphatic rings. The maximum Gasteiger partial charge on any atom is 0.246 e. The molecule has 2 N–H and O–H groups in total. The van der Waals surface area contributed by atoms with Gasteiger partial charge >= 0.3 is 0 Å². The van der Waals surface area contributed by atoms with Gasteiger partial charge in [-0.1, -0.05) is 64.4 Å². The Labute approximate surface area is 120 Å². The normalized spacial score (nSPS) is 13.7. The van der Waals surface area contributed by atoms with E-state index in [1.165, 1.54) is 0 Å². The predicted molar refractivity (Wildman–Crippen MR) is 79.8 cm³/mol. The second kappa shape index (κ2) is 7.68. The van der Waals surface area contributed by atoms with Gasteiger partial charge in [0.15, 0.2) is 0 Å². The van der Waals surface area contributed by atoms with E-state index < -0.39 is 0 Å². The minimum Gasteiger partial charge on any atom is -0.273 e. The van der Waals surface area contributed by atoms with E-state index in [0.29, 0.717) is 0 Å². The molecule has 0 aliphatic carbocycles. The van der Waals surface area contributed by atoms with Crippen molar-refractivity contribution >= 4 is 11.8 Å². The molecule has 1 aromatic carbocycles. The summed E-state index contributed by atoms with van der Waals surface area (Å²) in [5, 5.41) is 0. The van der Waals surface area contributed by atoms with Gasteiger partial charge < -0.3 is 0 Å². The molecule has 110 valence electrons. The van der Waals surface area contributed by atoms with Gasteiger partial charge in [0.25, 0.3) is 0 Å². The van der Waals surface area contributed by atoms with Gasteiger partial charge in [-0.25, -0.2) is 0 Å². The number of carbonyl (C=O) groups excluding carboxylic acids is 2. The molecule has 0 aromatic heterocycles. The molecule has 0 aliphatic heterocycles. The fourth-order valence-electron chi connectivity index (χ4n) is 1.98. The second-order valence-corrected chi connectivity index (χ2v) is 5.41. The van der Waals surface area contributed by atoms with Crippen LogP contribution in [0.3, 0.4) is 0 Å². The summed E-state index contributed by atoms with van der Waals surface area (Å²) >= 11 is 0.